The van der Waals surface area contributed by atoms with E-state index in [-0.39, 0.29) is 0 Å². The lowest BCUT2D eigenvalue weighted by molar-refractivity contribution is 0.0694. The van der Waals surface area contributed by atoms with Crippen LogP contribution in [0.1, 0.15) is 92.0 Å². The zero-order valence-corrected chi connectivity index (χ0v) is 12.7. The molecule has 3 rings (SSSR count). The van der Waals surface area contributed by atoms with Gasteiger partial charge in [-0.3, -0.25) is 0 Å². The van der Waals surface area contributed by atoms with Gasteiger partial charge in [-0.15, -0.1) is 0 Å². The zero-order valence-electron chi connectivity index (χ0n) is 12.7. The minimum Gasteiger partial charge on any atom is -0.478 e. The van der Waals surface area contributed by atoms with Gasteiger partial charge in [-0.05, 0) is 44.4 Å². The fourth-order valence-electron chi connectivity index (χ4n) is 3.56. The van der Waals surface area contributed by atoms with E-state index in [2.05, 4.69) is 16.9 Å². The summed E-state index contributed by atoms with van der Waals surface area (Å²) in [6.45, 7) is 2.25. The zero-order chi connectivity index (χ0) is 14.8. The largest absolute Gasteiger partial charge is 0.478 e. The van der Waals surface area contributed by atoms with E-state index < -0.39 is 5.97 Å². The van der Waals surface area contributed by atoms with E-state index in [0.29, 0.717) is 17.4 Å². The Morgan fingerprint density at radius 1 is 1.19 bits per heavy atom. The van der Waals surface area contributed by atoms with Crippen LogP contribution in [0.4, 0.5) is 0 Å². The third-order valence-electron chi connectivity index (χ3n) is 4.94. The Kier molecular flexibility index (Phi) is 4.22. The van der Waals surface area contributed by atoms with Gasteiger partial charge in [0.25, 0.3) is 0 Å². The molecule has 1 heterocycles. The van der Waals surface area contributed by atoms with E-state index in [1.54, 1.807) is 0 Å². The number of nitrogens with zero attached hydrogens (tertiary/aromatic N) is 2. The van der Waals surface area contributed by atoms with Crippen molar-refractivity contribution in [2.45, 2.75) is 70.1 Å². The van der Waals surface area contributed by atoms with Crippen molar-refractivity contribution in [3.8, 4) is 0 Å². The molecule has 2 saturated carbocycles. The molecular formula is C17H24N2O2. The minimum absolute atomic E-state index is 0.306. The van der Waals surface area contributed by atoms with E-state index >= 15 is 0 Å². The number of hydrogen-bond donors (Lipinski definition) is 1. The molecule has 2 aliphatic rings. The van der Waals surface area contributed by atoms with Crippen molar-refractivity contribution in [3.63, 3.8) is 0 Å². The minimum atomic E-state index is -0.893. The maximum Gasteiger partial charge on any atom is 0.339 e. The van der Waals surface area contributed by atoms with Gasteiger partial charge in [0, 0.05) is 18.0 Å². The summed E-state index contributed by atoms with van der Waals surface area (Å²) < 4.78 is 0. The summed E-state index contributed by atoms with van der Waals surface area (Å²) in [4.78, 5) is 20.3. The molecule has 2 fully saturated rings. The number of rotatable bonds is 5. The highest BCUT2D eigenvalue weighted by molar-refractivity contribution is 5.88. The van der Waals surface area contributed by atoms with Gasteiger partial charge in [0.05, 0.1) is 11.3 Å². The van der Waals surface area contributed by atoms with Crippen LogP contribution in [-0.4, -0.2) is 21.0 Å². The summed E-state index contributed by atoms with van der Waals surface area (Å²) in [5, 5.41) is 9.26. The lowest BCUT2D eigenvalue weighted by Crippen LogP contribution is -2.17. The van der Waals surface area contributed by atoms with Gasteiger partial charge >= 0.3 is 5.97 Å². The fourth-order valence-corrected chi connectivity index (χ4v) is 3.56. The quantitative estimate of drug-likeness (QED) is 0.885. The maximum absolute atomic E-state index is 11.3. The first kappa shape index (κ1) is 14.5. The molecule has 0 amide bonds. The topological polar surface area (TPSA) is 63.1 Å². The first-order valence-corrected chi connectivity index (χ1v) is 8.29. The molecule has 114 valence electrons. The summed E-state index contributed by atoms with van der Waals surface area (Å²) in [5.41, 5.74) is 1.09. The Balaban J connectivity index is 1.74. The molecule has 0 radical (unpaired) electrons. The lowest BCUT2D eigenvalue weighted by Gasteiger charge is -2.27. The maximum atomic E-state index is 11.3. The second-order valence-corrected chi connectivity index (χ2v) is 6.61. The Labute approximate surface area is 126 Å². The molecule has 21 heavy (non-hydrogen) atoms. The van der Waals surface area contributed by atoms with Crippen LogP contribution >= 0.6 is 0 Å². The number of aromatic nitrogens is 2. The fraction of sp³-hybridized carbons (Fsp3) is 0.706. The van der Waals surface area contributed by atoms with Gasteiger partial charge < -0.3 is 5.11 Å². The molecule has 0 atom stereocenters. The van der Waals surface area contributed by atoms with Crippen LogP contribution in [0, 0.1) is 5.92 Å². The van der Waals surface area contributed by atoms with E-state index in [9.17, 15) is 9.90 Å². The van der Waals surface area contributed by atoms with Crippen LogP contribution in [0.15, 0.2) is 6.20 Å². The SMILES string of the molecule is CCCC1CCC(c2ncc(C(=O)O)c(C3CC3)n2)CC1. The monoisotopic (exact) mass is 288 g/mol. The molecule has 2 aliphatic carbocycles. The van der Waals surface area contributed by atoms with Crippen LogP contribution in [0.5, 0.6) is 0 Å². The smallest absolute Gasteiger partial charge is 0.339 e. The molecule has 0 spiro atoms. The summed E-state index contributed by atoms with van der Waals surface area (Å²) >= 11 is 0. The van der Waals surface area contributed by atoms with Gasteiger partial charge in [-0.2, -0.15) is 0 Å². The molecule has 0 saturated heterocycles. The van der Waals surface area contributed by atoms with E-state index in [4.69, 9.17) is 0 Å². The summed E-state index contributed by atoms with van der Waals surface area (Å²) in [6.07, 6.45) is 11.1. The van der Waals surface area contributed by atoms with Crippen molar-refractivity contribution in [1.29, 1.82) is 0 Å². The molecule has 0 bridgehead atoms. The normalized spacial score (nSPS) is 25.8. The summed E-state index contributed by atoms with van der Waals surface area (Å²) in [7, 11) is 0. The predicted molar refractivity (Wildman–Crippen MR) is 80.6 cm³/mol. The standard InChI is InChI=1S/C17H24N2O2/c1-2-3-11-4-6-13(7-5-11)16-18-10-14(17(20)21)15(19-16)12-8-9-12/h10-13H,2-9H2,1H3,(H,20,21). The van der Waals surface area contributed by atoms with Crippen LogP contribution in [-0.2, 0) is 0 Å². The van der Waals surface area contributed by atoms with Crippen LogP contribution in [0.3, 0.4) is 0 Å². The third kappa shape index (κ3) is 3.25. The van der Waals surface area contributed by atoms with Crippen LogP contribution in [0.2, 0.25) is 0 Å². The molecule has 1 N–H and O–H groups in total. The lowest BCUT2D eigenvalue weighted by atomic mass is 9.79. The van der Waals surface area contributed by atoms with Gasteiger partial charge in [-0.25, -0.2) is 14.8 Å². The molecule has 0 unspecified atom stereocenters. The van der Waals surface area contributed by atoms with E-state index in [1.165, 1.54) is 31.9 Å². The van der Waals surface area contributed by atoms with Gasteiger partial charge in [0.2, 0.25) is 0 Å². The van der Waals surface area contributed by atoms with E-state index in [1.807, 2.05) is 0 Å². The highest BCUT2D eigenvalue weighted by Crippen LogP contribution is 2.42. The van der Waals surface area contributed by atoms with Crippen molar-refractivity contribution >= 4 is 5.97 Å². The van der Waals surface area contributed by atoms with Crippen molar-refractivity contribution in [2.24, 2.45) is 5.92 Å². The van der Waals surface area contributed by atoms with Gasteiger partial charge in [-0.1, -0.05) is 19.8 Å². The first-order valence-electron chi connectivity index (χ1n) is 8.29. The Morgan fingerprint density at radius 3 is 2.43 bits per heavy atom. The highest BCUT2D eigenvalue weighted by Gasteiger charge is 2.32. The molecule has 1 aromatic heterocycles. The van der Waals surface area contributed by atoms with Gasteiger partial charge in [0.1, 0.15) is 5.82 Å². The number of carbonyl (C=O) groups is 1. The van der Waals surface area contributed by atoms with E-state index in [0.717, 1.165) is 43.1 Å². The van der Waals surface area contributed by atoms with Crippen LogP contribution < -0.4 is 0 Å². The number of carboxylic acids is 1. The summed E-state index contributed by atoms with van der Waals surface area (Å²) in [6, 6.07) is 0. The number of carboxylic acid groups (broad SMARTS) is 1. The number of hydrogen-bond acceptors (Lipinski definition) is 3. The molecule has 1 aromatic rings. The number of aromatic carboxylic acids is 1. The molecule has 0 aliphatic heterocycles. The third-order valence-corrected chi connectivity index (χ3v) is 4.94. The van der Waals surface area contributed by atoms with Crippen molar-refractivity contribution in [3.05, 3.63) is 23.3 Å². The Morgan fingerprint density at radius 2 is 1.86 bits per heavy atom. The van der Waals surface area contributed by atoms with Crippen molar-refractivity contribution in [2.75, 3.05) is 0 Å². The average molecular weight is 288 g/mol. The average Bonchev–Trinajstić information content (AvgIpc) is 3.32. The van der Waals surface area contributed by atoms with Crippen LogP contribution in [0.25, 0.3) is 0 Å². The van der Waals surface area contributed by atoms with Gasteiger partial charge in [0.15, 0.2) is 0 Å². The summed E-state index contributed by atoms with van der Waals surface area (Å²) in [5.74, 6) is 1.65. The molecule has 4 nitrogen and oxygen atoms in total. The van der Waals surface area contributed by atoms with Crippen molar-refractivity contribution in [1.82, 2.24) is 9.97 Å². The molecule has 0 aromatic carbocycles. The first-order chi connectivity index (χ1) is 10.2. The predicted octanol–water partition coefficient (Wildman–Crippen LogP) is 4.13. The molecule has 4 heteroatoms. The molecular weight excluding hydrogens is 264 g/mol. The Bertz CT molecular complexity index is 518. The second-order valence-electron chi connectivity index (χ2n) is 6.61. The highest BCUT2D eigenvalue weighted by atomic mass is 16.4. The Hall–Kier alpha value is -1.45. The second kappa shape index (κ2) is 6.12. The van der Waals surface area contributed by atoms with Crippen molar-refractivity contribution < 1.29 is 9.90 Å².